The molecule has 1 saturated heterocycles. The van der Waals surface area contributed by atoms with E-state index in [1.807, 2.05) is 0 Å². The molecule has 0 aromatic rings. The molecular formula is C35H62O10. The average molecular weight is 643 g/mol. The van der Waals surface area contributed by atoms with Gasteiger partial charge in [-0.05, 0) is 91.3 Å². The van der Waals surface area contributed by atoms with E-state index in [4.69, 9.17) is 14.2 Å². The average Bonchev–Trinajstić information content (AvgIpc) is 3.18. The Morgan fingerprint density at radius 1 is 0.844 bits per heavy atom. The van der Waals surface area contributed by atoms with E-state index in [0.717, 1.165) is 38.5 Å². The van der Waals surface area contributed by atoms with Crippen molar-refractivity contribution in [3.8, 4) is 0 Å². The molecule has 0 aromatic carbocycles. The first-order valence-corrected chi connectivity index (χ1v) is 17.7. The molecule has 4 aliphatic carbocycles. The second-order valence-corrected chi connectivity index (χ2v) is 16.6. The van der Waals surface area contributed by atoms with Crippen molar-refractivity contribution in [2.24, 2.45) is 52.3 Å². The SMILES string of the molecule is CO[C@@H]1CO[C@@H](OCC[C@H](CC[C@@H](C)[C@H]2[C@@H](O)[C@@H](O)[C@@H]3[C@]2(C)CC[C@@H]2[C@@]4(C)CC[C@H](O)C[C@@H]4[C@@H](O)C[C@]23O)C(C)C)[C@H](O)[C@H]1O. The number of aliphatic hydroxyl groups excluding tert-OH is 6. The number of ether oxygens (including phenoxy) is 3. The zero-order chi connectivity index (χ0) is 33.1. The third kappa shape index (κ3) is 6.17. The van der Waals surface area contributed by atoms with Crippen LogP contribution in [0.4, 0.5) is 0 Å². The van der Waals surface area contributed by atoms with Crippen LogP contribution in [0.2, 0.25) is 0 Å². The van der Waals surface area contributed by atoms with Gasteiger partial charge in [-0.15, -0.1) is 0 Å². The summed E-state index contributed by atoms with van der Waals surface area (Å²) in [5.41, 5.74) is -2.09. The van der Waals surface area contributed by atoms with Gasteiger partial charge in [0, 0.05) is 19.4 Å². The van der Waals surface area contributed by atoms with E-state index in [9.17, 15) is 35.7 Å². The molecule has 262 valence electrons. The molecule has 10 nitrogen and oxygen atoms in total. The predicted molar refractivity (Wildman–Crippen MR) is 167 cm³/mol. The molecule has 0 radical (unpaired) electrons. The second kappa shape index (κ2) is 13.5. The zero-order valence-electron chi connectivity index (χ0n) is 28.3. The molecule has 0 bridgehead atoms. The highest BCUT2D eigenvalue weighted by atomic mass is 16.7. The van der Waals surface area contributed by atoms with E-state index in [1.54, 1.807) is 0 Å². The molecule has 0 aromatic heterocycles. The van der Waals surface area contributed by atoms with Gasteiger partial charge in [0.05, 0.1) is 43.2 Å². The Morgan fingerprint density at radius 3 is 2.20 bits per heavy atom. The molecule has 5 fully saturated rings. The van der Waals surface area contributed by atoms with E-state index < -0.39 is 66.0 Å². The maximum Gasteiger partial charge on any atom is 0.186 e. The Labute approximate surface area is 269 Å². The van der Waals surface area contributed by atoms with E-state index in [-0.39, 0.29) is 42.1 Å². The van der Waals surface area contributed by atoms with Gasteiger partial charge in [0.25, 0.3) is 0 Å². The van der Waals surface area contributed by atoms with Crippen molar-refractivity contribution in [2.75, 3.05) is 20.3 Å². The fraction of sp³-hybridized carbons (Fsp3) is 1.00. The summed E-state index contributed by atoms with van der Waals surface area (Å²) in [6.45, 7) is 11.4. The van der Waals surface area contributed by atoms with Gasteiger partial charge in [-0.3, -0.25) is 0 Å². The third-order valence-electron chi connectivity index (χ3n) is 13.9. The summed E-state index contributed by atoms with van der Waals surface area (Å²) in [5, 5.41) is 78.2. The van der Waals surface area contributed by atoms with Gasteiger partial charge in [0.1, 0.15) is 18.3 Å². The Bertz CT molecular complexity index is 997. The Hall–Kier alpha value is -0.400. The van der Waals surface area contributed by atoms with Crippen LogP contribution in [0.25, 0.3) is 0 Å². The van der Waals surface area contributed by atoms with E-state index in [2.05, 4.69) is 34.6 Å². The normalized spacial score (nSPS) is 51.3. The molecule has 1 aliphatic heterocycles. The van der Waals surface area contributed by atoms with Gasteiger partial charge in [-0.2, -0.15) is 0 Å². The van der Waals surface area contributed by atoms with Crippen molar-refractivity contribution in [3.63, 3.8) is 0 Å². The van der Waals surface area contributed by atoms with Gasteiger partial charge in [0.15, 0.2) is 6.29 Å². The summed E-state index contributed by atoms with van der Waals surface area (Å²) in [7, 11) is 1.47. The lowest BCUT2D eigenvalue weighted by Crippen LogP contribution is -2.68. The lowest BCUT2D eigenvalue weighted by molar-refractivity contribution is -0.274. The minimum atomic E-state index is -1.28. The van der Waals surface area contributed by atoms with Crippen LogP contribution in [0.5, 0.6) is 0 Å². The van der Waals surface area contributed by atoms with E-state index in [0.29, 0.717) is 31.3 Å². The Kier molecular flexibility index (Phi) is 10.8. The summed E-state index contributed by atoms with van der Waals surface area (Å²) in [6.07, 6.45) is -0.745. The molecule has 1 heterocycles. The highest BCUT2D eigenvalue weighted by Crippen LogP contribution is 2.69. The van der Waals surface area contributed by atoms with Crippen LogP contribution in [0.15, 0.2) is 0 Å². The maximum atomic E-state index is 12.6. The lowest BCUT2D eigenvalue weighted by atomic mass is 9.42. The fourth-order valence-electron chi connectivity index (χ4n) is 11.4. The molecule has 5 aliphatic rings. The molecular weight excluding hydrogens is 580 g/mol. The number of aliphatic hydroxyl groups is 7. The quantitative estimate of drug-likeness (QED) is 0.188. The van der Waals surface area contributed by atoms with Crippen molar-refractivity contribution < 1.29 is 50.0 Å². The van der Waals surface area contributed by atoms with Gasteiger partial charge in [-0.1, -0.05) is 41.0 Å². The van der Waals surface area contributed by atoms with E-state index >= 15 is 0 Å². The maximum absolute atomic E-state index is 12.6. The summed E-state index contributed by atoms with van der Waals surface area (Å²) < 4.78 is 16.6. The fourth-order valence-corrected chi connectivity index (χ4v) is 11.4. The monoisotopic (exact) mass is 642 g/mol. The van der Waals surface area contributed by atoms with Crippen molar-refractivity contribution in [1.82, 2.24) is 0 Å². The van der Waals surface area contributed by atoms with Crippen molar-refractivity contribution in [1.29, 1.82) is 0 Å². The molecule has 45 heavy (non-hydrogen) atoms. The van der Waals surface area contributed by atoms with Crippen molar-refractivity contribution in [3.05, 3.63) is 0 Å². The molecule has 10 heteroatoms. The second-order valence-electron chi connectivity index (χ2n) is 16.6. The summed E-state index contributed by atoms with van der Waals surface area (Å²) >= 11 is 0. The number of methoxy groups -OCH3 is 1. The number of rotatable bonds is 10. The first-order chi connectivity index (χ1) is 21.1. The van der Waals surface area contributed by atoms with Gasteiger partial charge in [-0.25, -0.2) is 0 Å². The van der Waals surface area contributed by atoms with Crippen LogP contribution >= 0.6 is 0 Å². The first-order valence-electron chi connectivity index (χ1n) is 17.7. The van der Waals surface area contributed by atoms with E-state index in [1.165, 1.54) is 7.11 Å². The zero-order valence-corrected chi connectivity index (χ0v) is 28.3. The van der Waals surface area contributed by atoms with Crippen LogP contribution in [0, 0.1) is 52.3 Å². The molecule has 7 N–H and O–H groups in total. The summed E-state index contributed by atoms with van der Waals surface area (Å²) in [4.78, 5) is 0. The van der Waals surface area contributed by atoms with Crippen LogP contribution in [-0.4, -0.2) is 111 Å². The van der Waals surface area contributed by atoms with Gasteiger partial charge in [0.2, 0.25) is 0 Å². The molecule has 0 unspecified atom stereocenters. The summed E-state index contributed by atoms with van der Waals surface area (Å²) in [6, 6.07) is 0. The molecule has 5 rings (SSSR count). The number of fused-ring (bicyclic) bond motifs is 5. The van der Waals surface area contributed by atoms with Gasteiger partial charge < -0.3 is 50.0 Å². The molecule has 0 spiro atoms. The van der Waals surface area contributed by atoms with Gasteiger partial charge >= 0.3 is 0 Å². The van der Waals surface area contributed by atoms with Crippen LogP contribution in [0.1, 0.15) is 92.4 Å². The topological polar surface area (TPSA) is 169 Å². The number of hydrogen-bond donors (Lipinski definition) is 7. The van der Waals surface area contributed by atoms with Crippen LogP contribution in [-0.2, 0) is 14.2 Å². The largest absolute Gasteiger partial charge is 0.393 e. The predicted octanol–water partition coefficient (Wildman–Crippen LogP) is 2.22. The first kappa shape index (κ1) is 35.9. The highest BCUT2D eigenvalue weighted by Gasteiger charge is 2.72. The van der Waals surface area contributed by atoms with Crippen molar-refractivity contribution in [2.45, 2.75) is 147 Å². The standard InChI is InChI=1S/C35H62O10/c1-18(2)20(11-14-44-32-30(41)27(38)24(43-6)17-45-32)8-7-19(3)26-28(39)29(40)31-34(26,5)13-10-25-33(4)12-9-21(36)15-22(33)23(37)16-35(25,31)42/h18-32,36-42H,7-17H2,1-6H3/t19-,20+,21+,22-,23+,24-,25-,26+,27+,28-,29-,30-,31-,32-,33+,34-,35+/m1/s1. The third-order valence-corrected chi connectivity index (χ3v) is 13.9. The molecule has 17 atom stereocenters. The Balaban J connectivity index is 1.24. The minimum Gasteiger partial charge on any atom is -0.393 e. The van der Waals surface area contributed by atoms with Crippen LogP contribution < -0.4 is 0 Å². The summed E-state index contributed by atoms with van der Waals surface area (Å²) in [5.74, 6) is -0.101. The van der Waals surface area contributed by atoms with Crippen LogP contribution in [0.3, 0.4) is 0 Å². The smallest absolute Gasteiger partial charge is 0.186 e. The number of hydrogen-bond acceptors (Lipinski definition) is 10. The lowest BCUT2D eigenvalue weighted by Gasteiger charge is -2.65. The molecule has 0 amide bonds. The Morgan fingerprint density at radius 2 is 1.53 bits per heavy atom. The molecule has 4 saturated carbocycles. The van der Waals surface area contributed by atoms with Crippen molar-refractivity contribution >= 4 is 0 Å². The highest BCUT2D eigenvalue weighted by molar-refractivity contribution is 5.21. The minimum absolute atomic E-state index is 0.0775.